The maximum atomic E-state index is 11.5. The van der Waals surface area contributed by atoms with Crippen LogP contribution < -0.4 is 15.1 Å². The zero-order valence-corrected chi connectivity index (χ0v) is 11.5. The number of nitrogens with zero attached hydrogens (tertiary/aromatic N) is 1. The Balaban J connectivity index is 2.48. The van der Waals surface area contributed by atoms with Gasteiger partial charge in [0.15, 0.2) is 0 Å². The number of ether oxygens (including phenoxy) is 2. The first-order valence-electron chi connectivity index (χ1n) is 6.40. The summed E-state index contributed by atoms with van der Waals surface area (Å²) in [5, 5.41) is 12.2. The molecule has 7 nitrogen and oxygen atoms in total. The monoisotopic (exact) mass is 293 g/mol. The van der Waals surface area contributed by atoms with Crippen LogP contribution in [0.15, 0.2) is 32.6 Å². The molecule has 112 valence electrons. The number of aliphatic hydroxyl groups excluding tert-OH is 1. The topological polar surface area (TPSA) is 98.3 Å². The second-order valence-corrected chi connectivity index (χ2v) is 4.32. The third-order valence-corrected chi connectivity index (χ3v) is 2.78. The smallest absolute Gasteiger partial charge is 0.336 e. The van der Waals surface area contributed by atoms with Gasteiger partial charge < -0.3 is 19.0 Å². The fraction of sp³-hybridized carbons (Fsp3) is 0.357. The number of rotatable bonds is 7. The molecule has 1 N–H and O–H groups in total. The zero-order chi connectivity index (χ0) is 15.2. The number of aliphatic hydroxyl groups is 1. The molecule has 2 aromatic rings. The van der Waals surface area contributed by atoms with Gasteiger partial charge in [-0.1, -0.05) is 5.18 Å². The Bertz CT molecular complexity index is 694. The van der Waals surface area contributed by atoms with Gasteiger partial charge in [-0.3, -0.25) is 0 Å². The molecule has 2 rings (SSSR count). The number of aryl methyl sites for hydroxylation is 1. The SMILES string of the molecule is Cc1cc(=O)oc2cc(OCCN=O)cc(OCCO)c12. The average Bonchev–Trinajstić information content (AvgIpc) is 2.44. The van der Waals surface area contributed by atoms with E-state index < -0.39 is 5.63 Å². The van der Waals surface area contributed by atoms with Crippen LogP contribution in [0, 0.1) is 11.8 Å². The minimum atomic E-state index is -0.472. The van der Waals surface area contributed by atoms with Gasteiger partial charge in [0.2, 0.25) is 0 Å². The minimum Gasteiger partial charge on any atom is -0.491 e. The maximum absolute atomic E-state index is 11.5. The fourth-order valence-corrected chi connectivity index (χ4v) is 1.98. The highest BCUT2D eigenvalue weighted by Crippen LogP contribution is 2.32. The molecule has 0 amide bonds. The lowest BCUT2D eigenvalue weighted by atomic mass is 10.1. The lowest BCUT2D eigenvalue weighted by molar-refractivity contribution is 0.202. The molecule has 0 radical (unpaired) electrons. The first-order chi connectivity index (χ1) is 10.2. The summed E-state index contributed by atoms with van der Waals surface area (Å²) in [7, 11) is 0. The molecule has 0 aliphatic carbocycles. The van der Waals surface area contributed by atoms with Crippen LogP contribution in [0.5, 0.6) is 11.5 Å². The van der Waals surface area contributed by atoms with E-state index in [4.69, 9.17) is 19.0 Å². The van der Waals surface area contributed by atoms with Crippen molar-refractivity contribution < 1.29 is 19.0 Å². The van der Waals surface area contributed by atoms with Gasteiger partial charge in [-0.05, 0) is 12.5 Å². The van der Waals surface area contributed by atoms with Crippen LogP contribution in [0.25, 0.3) is 11.0 Å². The Hall–Kier alpha value is -2.41. The van der Waals surface area contributed by atoms with E-state index in [0.29, 0.717) is 28.0 Å². The molecule has 0 aliphatic heterocycles. The van der Waals surface area contributed by atoms with Crippen LogP contribution in [0.1, 0.15) is 5.56 Å². The number of hydrogen-bond acceptors (Lipinski definition) is 7. The lowest BCUT2D eigenvalue weighted by Crippen LogP contribution is -2.06. The standard InChI is InChI=1S/C14H15NO6/c1-9-6-13(17)21-12-8-10(19-4-2-15-18)7-11(14(9)12)20-5-3-16/h6-8,16H,2-5H2,1H3. The first-order valence-corrected chi connectivity index (χ1v) is 6.40. The van der Waals surface area contributed by atoms with Crippen LogP contribution in [-0.4, -0.2) is 31.5 Å². The van der Waals surface area contributed by atoms with Crippen LogP contribution in [-0.2, 0) is 0 Å². The molecule has 0 unspecified atom stereocenters. The third kappa shape index (κ3) is 3.57. The van der Waals surface area contributed by atoms with Crippen LogP contribution in [0.4, 0.5) is 0 Å². The molecule has 0 spiro atoms. The Morgan fingerprint density at radius 2 is 2.05 bits per heavy atom. The van der Waals surface area contributed by atoms with Crippen molar-refractivity contribution in [2.45, 2.75) is 6.92 Å². The predicted octanol–water partition coefficient (Wildman–Crippen LogP) is 1.62. The summed E-state index contributed by atoms with van der Waals surface area (Å²) in [6, 6.07) is 4.54. The van der Waals surface area contributed by atoms with Gasteiger partial charge in [0, 0.05) is 18.2 Å². The second-order valence-electron chi connectivity index (χ2n) is 4.32. The van der Waals surface area contributed by atoms with Crippen molar-refractivity contribution in [2.24, 2.45) is 5.18 Å². The van der Waals surface area contributed by atoms with Gasteiger partial charge in [-0.25, -0.2) is 4.79 Å². The van der Waals surface area contributed by atoms with Crippen molar-refractivity contribution in [3.8, 4) is 11.5 Å². The van der Waals surface area contributed by atoms with Crippen molar-refractivity contribution >= 4 is 11.0 Å². The van der Waals surface area contributed by atoms with Gasteiger partial charge in [0.05, 0.1) is 12.0 Å². The predicted molar refractivity (Wildman–Crippen MR) is 76.0 cm³/mol. The molecular weight excluding hydrogens is 278 g/mol. The summed E-state index contributed by atoms with van der Waals surface area (Å²) in [5.74, 6) is 0.838. The van der Waals surface area contributed by atoms with Gasteiger partial charge in [0.25, 0.3) is 0 Å². The molecular formula is C14H15NO6. The van der Waals surface area contributed by atoms with E-state index >= 15 is 0 Å². The summed E-state index contributed by atoms with van der Waals surface area (Å²) in [6.45, 7) is 1.86. The molecule has 0 saturated carbocycles. The average molecular weight is 293 g/mol. The Morgan fingerprint density at radius 3 is 2.76 bits per heavy atom. The molecule has 1 heterocycles. The van der Waals surface area contributed by atoms with Crippen molar-refractivity contribution in [3.05, 3.63) is 39.1 Å². The number of benzene rings is 1. The Kier molecular flexibility index (Phi) is 4.89. The molecule has 0 saturated heterocycles. The second kappa shape index (κ2) is 6.85. The van der Waals surface area contributed by atoms with Crippen molar-refractivity contribution in [2.75, 3.05) is 26.4 Å². The zero-order valence-electron chi connectivity index (χ0n) is 11.5. The van der Waals surface area contributed by atoms with E-state index in [9.17, 15) is 9.70 Å². The van der Waals surface area contributed by atoms with E-state index in [1.54, 1.807) is 19.1 Å². The molecule has 1 aromatic heterocycles. The van der Waals surface area contributed by atoms with Crippen molar-refractivity contribution in [1.29, 1.82) is 0 Å². The van der Waals surface area contributed by atoms with Crippen LogP contribution in [0.3, 0.4) is 0 Å². The van der Waals surface area contributed by atoms with Gasteiger partial charge in [-0.15, -0.1) is 0 Å². The lowest BCUT2D eigenvalue weighted by Gasteiger charge is -2.12. The Morgan fingerprint density at radius 1 is 1.24 bits per heavy atom. The highest BCUT2D eigenvalue weighted by molar-refractivity contribution is 5.88. The van der Waals surface area contributed by atoms with E-state index in [2.05, 4.69) is 5.18 Å². The molecule has 1 aromatic carbocycles. The quantitative estimate of drug-likeness (QED) is 0.473. The summed E-state index contributed by atoms with van der Waals surface area (Å²) in [4.78, 5) is 21.5. The third-order valence-electron chi connectivity index (χ3n) is 2.78. The number of nitroso groups, excluding NO2 is 1. The normalized spacial score (nSPS) is 10.6. The van der Waals surface area contributed by atoms with E-state index in [-0.39, 0.29) is 26.4 Å². The molecule has 0 aliphatic rings. The summed E-state index contributed by atoms with van der Waals surface area (Å²) in [5.41, 5.74) is 0.555. The summed E-state index contributed by atoms with van der Waals surface area (Å²) < 4.78 is 16.0. The fourth-order valence-electron chi connectivity index (χ4n) is 1.98. The van der Waals surface area contributed by atoms with E-state index in [0.717, 1.165) is 0 Å². The van der Waals surface area contributed by atoms with Crippen molar-refractivity contribution in [3.63, 3.8) is 0 Å². The molecule has 21 heavy (non-hydrogen) atoms. The summed E-state index contributed by atoms with van der Waals surface area (Å²) >= 11 is 0. The highest BCUT2D eigenvalue weighted by atomic mass is 16.5. The van der Waals surface area contributed by atoms with Crippen LogP contribution >= 0.6 is 0 Å². The van der Waals surface area contributed by atoms with E-state index in [1.165, 1.54) is 6.07 Å². The number of fused-ring (bicyclic) bond motifs is 1. The van der Waals surface area contributed by atoms with E-state index in [1.807, 2.05) is 0 Å². The molecule has 0 bridgehead atoms. The van der Waals surface area contributed by atoms with Crippen molar-refractivity contribution in [1.82, 2.24) is 0 Å². The maximum Gasteiger partial charge on any atom is 0.336 e. The van der Waals surface area contributed by atoms with Gasteiger partial charge in [0.1, 0.15) is 36.8 Å². The highest BCUT2D eigenvalue weighted by Gasteiger charge is 2.12. The first kappa shape index (κ1) is 15.0. The molecule has 0 fully saturated rings. The Labute approximate surface area is 120 Å². The molecule has 0 atom stereocenters. The van der Waals surface area contributed by atoms with Gasteiger partial charge in [-0.2, -0.15) is 4.91 Å². The van der Waals surface area contributed by atoms with Gasteiger partial charge >= 0.3 is 5.63 Å². The molecule has 7 heteroatoms. The summed E-state index contributed by atoms with van der Waals surface area (Å²) in [6.07, 6.45) is 0. The van der Waals surface area contributed by atoms with Crippen LogP contribution in [0.2, 0.25) is 0 Å². The number of hydrogen-bond donors (Lipinski definition) is 1. The minimum absolute atomic E-state index is 0.0165. The largest absolute Gasteiger partial charge is 0.491 e.